The number of aromatic nitrogens is 2. The monoisotopic (exact) mass is 428 g/mol. The fourth-order valence-electron chi connectivity index (χ4n) is 2.48. The van der Waals surface area contributed by atoms with E-state index in [2.05, 4.69) is 20.8 Å². The van der Waals surface area contributed by atoms with Gasteiger partial charge in [-0.25, -0.2) is 0 Å². The number of nitrogens with zero attached hydrogens (tertiary/aromatic N) is 2. The first-order valence-corrected chi connectivity index (χ1v) is 10.7. The third-order valence-electron chi connectivity index (χ3n) is 3.88. The Kier molecular flexibility index (Phi) is 7.60. The van der Waals surface area contributed by atoms with E-state index < -0.39 is 0 Å². The molecule has 7 nitrogen and oxygen atoms in total. The van der Waals surface area contributed by atoms with Gasteiger partial charge in [0.1, 0.15) is 5.75 Å². The third-order valence-corrected chi connectivity index (χ3v) is 5.86. The Labute approximate surface area is 176 Å². The van der Waals surface area contributed by atoms with E-state index >= 15 is 0 Å². The van der Waals surface area contributed by atoms with Crippen LogP contribution in [0.5, 0.6) is 5.75 Å². The van der Waals surface area contributed by atoms with Crippen LogP contribution in [-0.4, -0.2) is 41.4 Å². The highest BCUT2D eigenvalue weighted by Gasteiger charge is 2.15. The predicted molar refractivity (Wildman–Crippen MR) is 115 cm³/mol. The standard InChI is InChI=1S/C20H20N4O3S2/c1-27-16-10-6-5-9-15(16)18(26)22-19-23-24-20(29-19)28-13-17(25)21-12-11-14-7-3-2-4-8-14/h2-10H,11-13H2,1H3,(H,21,25)(H,22,23,26). The van der Waals surface area contributed by atoms with E-state index in [9.17, 15) is 9.59 Å². The molecule has 150 valence electrons. The van der Waals surface area contributed by atoms with E-state index in [4.69, 9.17) is 4.74 Å². The van der Waals surface area contributed by atoms with Gasteiger partial charge in [-0.1, -0.05) is 65.6 Å². The van der Waals surface area contributed by atoms with Crippen molar-refractivity contribution in [2.45, 2.75) is 10.8 Å². The lowest BCUT2D eigenvalue weighted by molar-refractivity contribution is -0.118. The summed E-state index contributed by atoms with van der Waals surface area (Å²) in [7, 11) is 1.51. The molecule has 0 spiro atoms. The summed E-state index contributed by atoms with van der Waals surface area (Å²) in [5.41, 5.74) is 1.59. The second-order valence-corrected chi connectivity index (χ2v) is 8.10. The van der Waals surface area contributed by atoms with Crippen LogP contribution >= 0.6 is 23.1 Å². The van der Waals surface area contributed by atoms with Crippen LogP contribution in [0, 0.1) is 0 Å². The van der Waals surface area contributed by atoms with Gasteiger partial charge in [0.2, 0.25) is 11.0 Å². The minimum absolute atomic E-state index is 0.0688. The van der Waals surface area contributed by atoms with Crippen molar-refractivity contribution in [2.24, 2.45) is 0 Å². The number of methoxy groups -OCH3 is 1. The molecule has 29 heavy (non-hydrogen) atoms. The van der Waals surface area contributed by atoms with Gasteiger partial charge in [-0.3, -0.25) is 14.9 Å². The minimum atomic E-state index is -0.325. The van der Waals surface area contributed by atoms with E-state index in [1.165, 1.54) is 35.8 Å². The van der Waals surface area contributed by atoms with Gasteiger partial charge in [0.05, 0.1) is 18.4 Å². The topological polar surface area (TPSA) is 93.2 Å². The Morgan fingerprint density at radius 2 is 1.83 bits per heavy atom. The van der Waals surface area contributed by atoms with Crippen molar-refractivity contribution in [1.29, 1.82) is 0 Å². The summed E-state index contributed by atoms with van der Waals surface area (Å²) >= 11 is 2.50. The van der Waals surface area contributed by atoms with Gasteiger partial charge in [0, 0.05) is 6.54 Å². The quantitative estimate of drug-likeness (QED) is 0.401. The molecule has 2 amide bonds. The molecule has 0 fully saturated rings. The van der Waals surface area contributed by atoms with Crippen LogP contribution in [-0.2, 0) is 11.2 Å². The minimum Gasteiger partial charge on any atom is -0.496 e. The number of carbonyl (C=O) groups excluding carboxylic acids is 2. The molecule has 0 saturated carbocycles. The SMILES string of the molecule is COc1ccccc1C(=O)Nc1nnc(SCC(=O)NCCc2ccccc2)s1. The molecule has 0 aliphatic heterocycles. The molecule has 0 bridgehead atoms. The zero-order chi connectivity index (χ0) is 20.5. The maximum absolute atomic E-state index is 12.4. The fourth-order valence-corrected chi connectivity index (χ4v) is 4.06. The molecule has 3 aromatic rings. The molecule has 2 aromatic carbocycles. The van der Waals surface area contributed by atoms with E-state index in [1.54, 1.807) is 24.3 Å². The zero-order valence-electron chi connectivity index (χ0n) is 15.8. The van der Waals surface area contributed by atoms with Crippen molar-refractivity contribution in [3.63, 3.8) is 0 Å². The van der Waals surface area contributed by atoms with Gasteiger partial charge < -0.3 is 10.1 Å². The second kappa shape index (κ2) is 10.6. The van der Waals surface area contributed by atoms with Crippen LogP contribution in [0.1, 0.15) is 15.9 Å². The first-order valence-electron chi connectivity index (χ1n) is 8.87. The number of benzene rings is 2. The molecule has 0 radical (unpaired) electrons. The number of hydrogen-bond acceptors (Lipinski definition) is 7. The highest BCUT2D eigenvalue weighted by Crippen LogP contribution is 2.26. The van der Waals surface area contributed by atoms with E-state index in [0.29, 0.717) is 27.3 Å². The van der Waals surface area contributed by atoms with Crippen molar-refractivity contribution in [1.82, 2.24) is 15.5 Å². The molecule has 0 saturated heterocycles. The number of para-hydroxylation sites is 1. The number of amides is 2. The summed E-state index contributed by atoms with van der Waals surface area (Å²) in [6.45, 7) is 0.583. The number of anilines is 1. The number of hydrogen-bond donors (Lipinski definition) is 2. The largest absolute Gasteiger partial charge is 0.496 e. The van der Waals surface area contributed by atoms with E-state index in [0.717, 1.165) is 6.42 Å². The molecule has 0 aliphatic rings. The maximum Gasteiger partial charge on any atom is 0.261 e. The average molecular weight is 429 g/mol. The van der Waals surface area contributed by atoms with Crippen LogP contribution in [0.2, 0.25) is 0 Å². The molecular weight excluding hydrogens is 408 g/mol. The Balaban J connectivity index is 1.44. The predicted octanol–water partition coefficient (Wildman–Crippen LogP) is 3.25. The van der Waals surface area contributed by atoms with Gasteiger partial charge in [-0.15, -0.1) is 10.2 Å². The van der Waals surface area contributed by atoms with Crippen LogP contribution < -0.4 is 15.4 Å². The van der Waals surface area contributed by atoms with E-state index in [1.807, 2.05) is 30.3 Å². The summed E-state index contributed by atoms with van der Waals surface area (Å²) < 4.78 is 5.80. The summed E-state index contributed by atoms with van der Waals surface area (Å²) in [6.07, 6.45) is 0.787. The van der Waals surface area contributed by atoms with Crippen LogP contribution in [0.15, 0.2) is 58.9 Å². The average Bonchev–Trinajstić information content (AvgIpc) is 3.20. The van der Waals surface area contributed by atoms with Gasteiger partial charge in [0.15, 0.2) is 4.34 Å². The first kappa shape index (κ1) is 20.8. The normalized spacial score (nSPS) is 10.4. The molecule has 0 aliphatic carbocycles. The lowest BCUT2D eigenvalue weighted by Crippen LogP contribution is -2.27. The Morgan fingerprint density at radius 3 is 2.62 bits per heavy atom. The lowest BCUT2D eigenvalue weighted by Gasteiger charge is -2.06. The fraction of sp³-hybridized carbons (Fsp3) is 0.200. The van der Waals surface area contributed by atoms with Crippen molar-refractivity contribution < 1.29 is 14.3 Å². The maximum atomic E-state index is 12.4. The molecule has 1 aromatic heterocycles. The molecule has 9 heteroatoms. The van der Waals surface area contributed by atoms with Crippen molar-refractivity contribution in [3.05, 3.63) is 65.7 Å². The first-order chi connectivity index (χ1) is 14.2. The summed E-state index contributed by atoms with van der Waals surface area (Å²) in [5, 5.41) is 13.9. The number of nitrogens with one attached hydrogen (secondary N) is 2. The second-order valence-electron chi connectivity index (χ2n) is 5.90. The highest BCUT2D eigenvalue weighted by atomic mass is 32.2. The van der Waals surface area contributed by atoms with Crippen molar-refractivity contribution >= 4 is 40.0 Å². The van der Waals surface area contributed by atoms with Crippen molar-refractivity contribution in [3.8, 4) is 5.75 Å². The smallest absolute Gasteiger partial charge is 0.261 e. The number of thioether (sulfide) groups is 1. The summed E-state index contributed by atoms with van der Waals surface area (Å²) in [6, 6.07) is 16.9. The molecule has 0 unspecified atom stereocenters. The van der Waals surface area contributed by atoms with Crippen molar-refractivity contribution in [2.75, 3.05) is 24.7 Å². The molecule has 1 heterocycles. The number of carbonyl (C=O) groups is 2. The van der Waals surface area contributed by atoms with Gasteiger partial charge in [-0.2, -0.15) is 0 Å². The van der Waals surface area contributed by atoms with Crippen LogP contribution in [0.3, 0.4) is 0 Å². The number of rotatable bonds is 9. The molecule has 2 N–H and O–H groups in total. The van der Waals surface area contributed by atoms with Gasteiger partial charge in [-0.05, 0) is 24.1 Å². The summed E-state index contributed by atoms with van der Waals surface area (Å²) in [5.74, 6) is 0.329. The number of ether oxygens (including phenoxy) is 1. The van der Waals surface area contributed by atoms with Crippen LogP contribution in [0.25, 0.3) is 0 Å². The summed E-state index contributed by atoms with van der Waals surface area (Å²) in [4.78, 5) is 24.4. The third kappa shape index (κ3) is 6.30. The van der Waals surface area contributed by atoms with Crippen LogP contribution in [0.4, 0.5) is 5.13 Å². The lowest BCUT2D eigenvalue weighted by atomic mass is 10.1. The zero-order valence-corrected chi connectivity index (χ0v) is 17.4. The Morgan fingerprint density at radius 1 is 1.07 bits per heavy atom. The Hall–Kier alpha value is -2.91. The Bertz CT molecular complexity index is 963. The molecular formula is C20H20N4O3S2. The van der Waals surface area contributed by atoms with E-state index in [-0.39, 0.29) is 17.6 Å². The van der Waals surface area contributed by atoms with Gasteiger partial charge in [0.25, 0.3) is 5.91 Å². The highest BCUT2D eigenvalue weighted by molar-refractivity contribution is 8.01. The molecule has 3 rings (SSSR count). The van der Waals surface area contributed by atoms with Gasteiger partial charge >= 0.3 is 0 Å². The molecule has 0 atom stereocenters.